The molecule has 0 atom stereocenters. The molecule has 1 rings (SSSR count). The molecule has 0 saturated heterocycles. The Morgan fingerprint density at radius 2 is 1.86 bits per heavy atom. The minimum absolute atomic E-state index is 0.000133. The van der Waals surface area contributed by atoms with Crippen LogP contribution < -0.4 is 16.0 Å². The fourth-order valence-corrected chi connectivity index (χ4v) is 1.99. The number of nitrogens with two attached hydrogens (primary N) is 1. The Hall–Kier alpha value is -2.24. The van der Waals surface area contributed by atoms with Gasteiger partial charge in [0.1, 0.15) is 0 Å². The van der Waals surface area contributed by atoms with E-state index in [1.54, 1.807) is 6.07 Å². The Kier molecular flexibility index (Phi) is 6.52. The lowest BCUT2D eigenvalue weighted by Gasteiger charge is -2.25. The summed E-state index contributed by atoms with van der Waals surface area (Å²) >= 11 is 0. The third-order valence-corrected chi connectivity index (χ3v) is 2.93. The summed E-state index contributed by atoms with van der Waals surface area (Å²) in [6, 6.07) is 7.34. The maximum Gasteiger partial charge on any atom is 0.305 e. The maximum atomic E-state index is 11.7. The van der Waals surface area contributed by atoms with Gasteiger partial charge >= 0.3 is 5.97 Å². The Labute approximate surface area is 124 Å². The first-order chi connectivity index (χ1) is 9.90. The fourth-order valence-electron chi connectivity index (χ4n) is 1.99. The number of para-hydroxylation sites is 2. The molecule has 0 unspecified atom stereocenters. The number of carboxylic acids is 1. The first-order valence-corrected chi connectivity index (χ1v) is 7.00. The Morgan fingerprint density at radius 3 is 2.43 bits per heavy atom. The van der Waals surface area contributed by atoms with Gasteiger partial charge in [0.15, 0.2) is 0 Å². The molecule has 0 aliphatic carbocycles. The highest BCUT2D eigenvalue weighted by atomic mass is 16.4. The minimum atomic E-state index is -0.874. The van der Waals surface area contributed by atoms with Crippen LogP contribution in [0.2, 0.25) is 0 Å². The van der Waals surface area contributed by atoms with Crippen molar-refractivity contribution in [1.29, 1.82) is 0 Å². The topological polar surface area (TPSA) is 95.7 Å². The number of nitrogens with zero attached hydrogens (tertiary/aromatic N) is 1. The summed E-state index contributed by atoms with van der Waals surface area (Å²) in [5.74, 6) is -0.930. The lowest BCUT2D eigenvalue weighted by molar-refractivity contribution is -0.136. The number of carboxylic acid groups (broad SMARTS) is 1. The van der Waals surface area contributed by atoms with Crippen molar-refractivity contribution in [1.82, 2.24) is 5.32 Å². The predicted molar refractivity (Wildman–Crippen MR) is 83.2 cm³/mol. The van der Waals surface area contributed by atoms with Crippen molar-refractivity contribution >= 4 is 23.3 Å². The average molecular weight is 293 g/mol. The largest absolute Gasteiger partial charge is 0.481 e. The van der Waals surface area contributed by atoms with Crippen molar-refractivity contribution in [3.05, 3.63) is 24.3 Å². The highest BCUT2D eigenvalue weighted by molar-refractivity contribution is 5.77. The second-order valence-corrected chi connectivity index (χ2v) is 5.16. The van der Waals surface area contributed by atoms with E-state index in [4.69, 9.17) is 10.8 Å². The SMILES string of the molecule is CC(C)NC(=O)CCN(CCC(=O)O)c1ccccc1N. The predicted octanol–water partition coefficient (Wildman–Crippen LogP) is 1.46. The van der Waals surface area contributed by atoms with Crippen LogP contribution in [0.25, 0.3) is 0 Å². The number of carbonyl (C=O) groups excluding carboxylic acids is 1. The summed E-state index contributed by atoms with van der Waals surface area (Å²) in [6.45, 7) is 4.54. The van der Waals surface area contributed by atoms with E-state index in [0.29, 0.717) is 25.2 Å². The summed E-state index contributed by atoms with van der Waals surface area (Å²) in [4.78, 5) is 24.3. The molecule has 0 radical (unpaired) electrons. The fraction of sp³-hybridized carbons (Fsp3) is 0.467. The van der Waals surface area contributed by atoms with Crippen molar-refractivity contribution in [2.24, 2.45) is 0 Å². The number of amides is 1. The van der Waals surface area contributed by atoms with E-state index in [1.807, 2.05) is 36.9 Å². The van der Waals surface area contributed by atoms with E-state index in [9.17, 15) is 9.59 Å². The molecule has 0 heterocycles. The molecular formula is C15H23N3O3. The molecule has 21 heavy (non-hydrogen) atoms. The molecule has 1 amide bonds. The van der Waals surface area contributed by atoms with E-state index in [0.717, 1.165) is 5.69 Å². The van der Waals surface area contributed by atoms with Crippen LogP contribution in [-0.2, 0) is 9.59 Å². The molecule has 4 N–H and O–H groups in total. The molecular weight excluding hydrogens is 270 g/mol. The van der Waals surface area contributed by atoms with E-state index >= 15 is 0 Å². The zero-order valence-electron chi connectivity index (χ0n) is 12.5. The van der Waals surface area contributed by atoms with Crippen LogP contribution in [0.5, 0.6) is 0 Å². The molecule has 0 aliphatic heterocycles. The van der Waals surface area contributed by atoms with Crippen LogP contribution in [0, 0.1) is 0 Å². The highest BCUT2D eigenvalue weighted by Crippen LogP contribution is 2.22. The summed E-state index contributed by atoms with van der Waals surface area (Å²) < 4.78 is 0. The molecule has 0 fully saturated rings. The molecule has 0 aliphatic rings. The van der Waals surface area contributed by atoms with E-state index in [1.165, 1.54) is 0 Å². The number of hydrogen-bond donors (Lipinski definition) is 3. The lowest BCUT2D eigenvalue weighted by Crippen LogP contribution is -2.35. The van der Waals surface area contributed by atoms with Gasteiger partial charge in [-0.2, -0.15) is 0 Å². The van der Waals surface area contributed by atoms with Crippen molar-refractivity contribution in [2.75, 3.05) is 23.7 Å². The van der Waals surface area contributed by atoms with Gasteiger partial charge in [0.2, 0.25) is 5.91 Å². The summed E-state index contributed by atoms with van der Waals surface area (Å²) in [6.07, 6.45) is 0.298. The normalized spacial score (nSPS) is 10.4. The van der Waals surface area contributed by atoms with Crippen LogP contribution >= 0.6 is 0 Å². The molecule has 0 spiro atoms. The van der Waals surface area contributed by atoms with Gasteiger partial charge in [-0.3, -0.25) is 9.59 Å². The molecule has 6 nitrogen and oxygen atoms in total. The number of rotatable bonds is 8. The van der Waals surface area contributed by atoms with Gasteiger partial charge in [0.05, 0.1) is 17.8 Å². The third-order valence-electron chi connectivity index (χ3n) is 2.93. The molecule has 1 aromatic carbocycles. The second kappa shape index (κ2) is 8.14. The van der Waals surface area contributed by atoms with E-state index in [2.05, 4.69) is 5.32 Å². The highest BCUT2D eigenvalue weighted by Gasteiger charge is 2.13. The summed E-state index contributed by atoms with van der Waals surface area (Å²) in [5, 5.41) is 11.7. The number of anilines is 2. The zero-order chi connectivity index (χ0) is 15.8. The Morgan fingerprint density at radius 1 is 1.24 bits per heavy atom. The van der Waals surface area contributed by atoms with Crippen LogP contribution in [0.3, 0.4) is 0 Å². The molecule has 1 aromatic rings. The number of carbonyl (C=O) groups is 2. The van der Waals surface area contributed by atoms with Crippen LogP contribution in [0.15, 0.2) is 24.3 Å². The zero-order valence-corrected chi connectivity index (χ0v) is 12.5. The minimum Gasteiger partial charge on any atom is -0.481 e. The molecule has 0 aromatic heterocycles. The van der Waals surface area contributed by atoms with Gasteiger partial charge in [-0.1, -0.05) is 12.1 Å². The van der Waals surface area contributed by atoms with E-state index < -0.39 is 5.97 Å². The summed E-state index contributed by atoms with van der Waals surface area (Å²) in [5.41, 5.74) is 7.26. The van der Waals surface area contributed by atoms with Crippen LogP contribution in [0.1, 0.15) is 26.7 Å². The van der Waals surface area contributed by atoms with Gasteiger partial charge in [-0.25, -0.2) is 0 Å². The maximum absolute atomic E-state index is 11.7. The van der Waals surface area contributed by atoms with Crippen molar-refractivity contribution in [3.8, 4) is 0 Å². The number of nitrogen functional groups attached to an aromatic ring is 1. The lowest BCUT2D eigenvalue weighted by atomic mass is 10.2. The molecule has 6 heteroatoms. The quantitative estimate of drug-likeness (QED) is 0.631. The van der Waals surface area contributed by atoms with Gasteiger partial charge in [0, 0.05) is 25.6 Å². The van der Waals surface area contributed by atoms with Gasteiger partial charge < -0.3 is 21.1 Å². The molecule has 116 valence electrons. The molecule has 0 saturated carbocycles. The molecule has 0 bridgehead atoms. The average Bonchev–Trinajstić information content (AvgIpc) is 2.39. The van der Waals surface area contributed by atoms with Crippen molar-refractivity contribution < 1.29 is 14.7 Å². The van der Waals surface area contributed by atoms with Crippen molar-refractivity contribution in [3.63, 3.8) is 0 Å². The Bertz CT molecular complexity index is 489. The van der Waals surface area contributed by atoms with E-state index in [-0.39, 0.29) is 18.4 Å². The first kappa shape index (κ1) is 16.8. The van der Waals surface area contributed by atoms with Crippen molar-refractivity contribution in [2.45, 2.75) is 32.7 Å². The Balaban J connectivity index is 2.71. The number of benzene rings is 1. The number of nitrogens with one attached hydrogen (secondary N) is 1. The number of hydrogen-bond acceptors (Lipinski definition) is 4. The van der Waals surface area contributed by atoms with Gasteiger partial charge in [-0.15, -0.1) is 0 Å². The smallest absolute Gasteiger partial charge is 0.305 e. The van der Waals surface area contributed by atoms with Gasteiger partial charge in [0.25, 0.3) is 0 Å². The van der Waals surface area contributed by atoms with Gasteiger partial charge in [-0.05, 0) is 26.0 Å². The second-order valence-electron chi connectivity index (χ2n) is 5.16. The monoisotopic (exact) mass is 293 g/mol. The summed E-state index contributed by atoms with van der Waals surface area (Å²) in [7, 11) is 0. The third kappa shape index (κ3) is 6.16. The number of aliphatic carboxylic acids is 1. The van der Waals surface area contributed by atoms with Crippen LogP contribution in [0.4, 0.5) is 11.4 Å². The van der Waals surface area contributed by atoms with Crippen LogP contribution in [-0.4, -0.2) is 36.1 Å². The first-order valence-electron chi connectivity index (χ1n) is 7.00. The standard InChI is InChI=1S/C15H23N3O3/c1-11(2)17-14(19)7-9-18(10-8-15(20)21)13-6-4-3-5-12(13)16/h3-6,11H,7-10,16H2,1-2H3,(H,17,19)(H,20,21).